The molecule has 3 unspecified atom stereocenters. The number of rotatable bonds is 6. The van der Waals surface area contributed by atoms with E-state index in [9.17, 15) is 14.7 Å². The molecule has 4 heterocycles. The van der Waals surface area contributed by atoms with Gasteiger partial charge < -0.3 is 20.2 Å². The number of phenolic OH excluding ortho intramolecular Hbond substituents is 1. The minimum atomic E-state index is -0.204. The SMILES string of the molecule is CN1C(CCC(=O)N2CCN(c3ccccn3)CC2)CNC(=O)C2C1CCN2Cc1ccc(O)cc1. The van der Waals surface area contributed by atoms with E-state index in [1.807, 2.05) is 35.2 Å². The topological polar surface area (TPSA) is 92.2 Å². The number of aromatic nitrogens is 1. The van der Waals surface area contributed by atoms with Gasteiger partial charge in [-0.05, 0) is 49.7 Å². The van der Waals surface area contributed by atoms with Gasteiger partial charge in [-0.25, -0.2) is 4.98 Å². The standard InChI is InChI=1S/C27H36N6O3/c1-30-21(7-10-25(35)32-16-14-31(15-17-32)24-4-2-3-12-28-24)18-29-27(36)26-23(30)11-13-33(26)19-20-5-8-22(34)9-6-20/h2-6,8-9,12,21,23,26,34H,7,10-11,13-19H2,1H3,(H,29,36). The molecule has 1 aromatic carbocycles. The van der Waals surface area contributed by atoms with Gasteiger partial charge in [-0.1, -0.05) is 18.2 Å². The number of anilines is 1. The minimum absolute atomic E-state index is 0.0719. The normalized spacial score (nSPS) is 25.4. The zero-order valence-electron chi connectivity index (χ0n) is 20.9. The number of hydrogen-bond acceptors (Lipinski definition) is 7. The third-order valence-corrected chi connectivity index (χ3v) is 7.97. The Bertz CT molecular complexity index is 1040. The van der Waals surface area contributed by atoms with Crippen LogP contribution in [0.4, 0.5) is 5.82 Å². The maximum absolute atomic E-state index is 13.1. The van der Waals surface area contributed by atoms with Gasteiger partial charge in [-0.3, -0.25) is 19.4 Å². The molecule has 9 nitrogen and oxygen atoms in total. The van der Waals surface area contributed by atoms with Gasteiger partial charge in [-0.15, -0.1) is 0 Å². The smallest absolute Gasteiger partial charge is 0.239 e. The van der Waals surface area contributed by atoms with Crippen LogP contribution in [0.1, 0.15) is 24.8 Å². The fourth-order valence-electron chi connectivity index (χ4n) is 5.84. The van der Waals surface area contributed by atoms with Crippen LogP contribution in [0.25, 0.3) is 0 Å². The van der Waals surface area contributed by atoms with Gasteiger partial charge in [0.2, 0.25) is 11.8 Å². The summed E-state index contributed by atoms with van der Waals surface area (Å²) >= 11 is 0. The zero-order chi connectivity index (χ0) is 25.1. The van der Waals surface area contributed by atoms with Crippen molar-refractivity contribution in [2.24, 2.45) is 0 Å². The number of amides is 2. The number of carbonyl (C=O) groups is 2. The maximum atomic E-state index is 13.1. The molecule has 2 aromatic rings. The molecule has 2 amide bonds. The van der Waals surface area contributed by atoms with Gasteiger partial charge in [0.25, 0.3) is 0 Å². The van der Waals surface area contributed by atoms with Crippen LogP contribution in [-0.4, -0.2) is 101 Å². The van der Waals surface area contributed by atoms with Gasteiger partial charge in [0.1, 0.15) is 17.6 Å². The van der Waals surface area contributed by atoms with E-state index in [2.05, 4.69) is 32.0 Å². The predicted octanol–water partition coefficient (Wildman–Crippen LogP) is 1.29. The zero-order valence-corrected chi connectivity index (χ0v) is 20.9. The molecule has 0 aliphatic carbocycles. The molecule has 5 rings (SSSR count). The second-order valence-electron chi connectivity index (χ2n) is 10.1. The van der Waals surface area contributed by atoms with E-state index in [-0.39, 0.29) is 35.7 Å². The van der Waals surface area contributed by atoms with Gasteiger partial charge in [-0.2, -0.15) is 0 Å². The van der Waals surface area contributed by atoms with Crippen LogP contribution in [0.3, 0.4) is 0 Å². The molecule has 0 saturated carbocycles. The number of nitrogens with one attached hydrogen (secondary N) is 1. The summed E-state index contributed by atoms with van der Waals surface area (Å²) in [7, 11) is 2.10. The van der Waals surface area contributed by atoms with Crippen molar-refractivity contribution in [3.63, 3.8) is 0 Å². The van der Waals surface area contributed by atoms with Crippen molar-refractivity contribution < 1.29 is 14.7 Å². The van der Waals surface area contributed by atoms with Crippen LogP contribution >= 0.6 is 0 Å². The molecular weight excluding hydrogens is 456 g/mol. The summed E-state index contributed by atoms with van der Waals surface area (Å²) in [5.74, 6) is 1.47. The maximum Gasteiger partial charge on any atom is 0.239 e. The van der Waals surface area contributed by atoms with Crippen LogP contribution in [-0.2, 0) is 16.1 Å². The summed E-state index contributed by atoms with van der Waals surface area (Å²) in [6.45, 7) is 5.10. The lowest BCUT2D eigenvalue weighted by Gasteiger charge is -2.36. The first-order valence-corrected chi connectivity index (χ1v) is 12.9. The van der Waals surface area contributed by atoms with Crippen LogP contribution in [0, 0.1) is 0 Å². The Kier molecular flexibility index (Phi) is 7.38. The van der Waals surface area contributed by atoms with Crippen molar-refractivity contribution in [2.75, 3.05) is 51.2 Å². The first kappa shape index (κ1) is 24.5. The number of pyridine rings is 1. The average Bonchev–Trinajstić information content (AvgIpc) is 3.28. The molecule has 3 fully saturated rings. The van der Waals surface area contributed by atoms with E-state index >= 15 is 0 Å². The number of carbonyl (C=O) groups excluding carboxylic acids is 2. The molecular formula is C27H36N6O3. The molecule has 9 heteroatoms. The van der Waals surface area contributed by atoms with Gasteiger partial charge in [0, 0.05) is 70.5 Å². The number of fused-ring (bicyclic) bond motifs is 1. The Morgan fingerprint density at radius 1 is 1.08 bits per heavy atom. The Morgan fingerprint density at radius 2 is 1.86 bits per heavy atom. The number of benzene rings is 1. The predicted molar refractivity (Wildman–Crippen MR) is 138 cm³/mol. The van der Waals surface area contributed by atoms with Crippen LogP contribution in [0.2, 0.25) is 0 Å². The van der Waals surface area contributed by atoms with E-state index in [1.54, 1.807) is 18.3 Å². The molecule has 0 spiro atoms. The van der Waals surface area contributed by atoms with E-state index in [0.29, 0.717) is 32.6 Å². The summed E-state index contributed by atoms with van der Waals surface area (Å²) in [6.07, 6.45) is 3.95. The first-order chi connectivity index (χ1) is 17.5. The van der Waals surface area contributed by atoms with Crippen molar-refractivity contribution in [3.05, 3.63) is 54.2 Å². The van der Waals surface area contributed by atoms with Crippen molar-refractivity contribution in [3.8, 4) is 5.75 Å². The molecule has 2 N–H and O–H groups in total. The Morgan fingerprint density at radius 3 is 2.58 bits per heavy atom. The summed E-state index contributed by atoms with van der Waals surface area (Å²) in [4.78, 5) is 39.2. The van der Waals surface area contributed by atoms with E-state index < -0.39 is 0 Å². The Balaban J connectivity index is 1.14. The molecule has 0 radical (unpaired) electrons. The lowest BCUT2D eigenvalue weighted by Crippen LogP contribution is -2.50. The minimum Gasteiger partial charge on any atom is -0.508 e. The quantitative estimate of drug-likeness (QED) is 0.628. The summed E-state index contributed by atoms with van der Waals surface area (Å²) in [5, 5.41) is 12.7. The monoisotopic (exact) mass is 492 g/mol. The molecule has 3 saturated heterocycles. The third kappa shape index (κ3) is 5.32. The molecule has 3 aliphatic heterocycles. The lowest BCUT2D eigenvalue weighted by atomic mass is 10.0. The Labute approximate surface area is 212 Å². The van der Waals surface area contributed by atoms with E-state index in [4.69, 9.17) is 0 Å². The van der Waals surface area contributed by atoms with Crippen molar-refractivity contribution in [2.45, 2.75) is 43.9 Å². The third-order valence-electron chi connectivity index (χ3n) is 7.97. The highest BCUT2D eigenvalue weighted by Gasteiger charge is 2.45. The van der Waals surface area contributed by atoms with Crippen molar-refractivity contribution in [1.29, 1.82) is 0 Å². The van der Waals surface area contributed by atoms with Gasteiger partial charge in [0.05, 0.1) is 0 Å². The van der Waals surface area contributed by atoms with Crippen molar-refractivity contribution in [1.82, 2.24) is 25.0 Å². The fraction of sp³-hybridized carbons (Fsp3) is 0.519. The molecule has 192 valence electrons. The summed E-state index contributed by atoms with van der Waals surface area (Å²) < 4.78 is 0. The number of likely N-dealkylation sites (tertiary alicyclic amines) is 1. The molecule has 3 atom stereocenters. The number of phenols is 1. The molecule has 36 heavy (non-hydrogen) atoms. The first-order valence-electron chi connectivity index (χ1n) is 12.9. The van der Waals surface area contributed by atoms with E-state index in [1.165, 1.54) is 0 Å². The van der Waals surface area contributed by atoms with Gasteiger partial charge >= 0.3 is 0 Å². The Hall–Kier alpha value is -3.17. The number of piperazine rings is 1. The lowest BCUT2D eigenvalue weighted by molar-refractivity contribution is -0.132. The highest BCUT2D eigenvalue weighted by atomic mass is 16.3. The second-order valence-corrected chi connectivity index (χ2v) is 10.1. The number of likely N-dealkylation sites (N-methyl/N-ethyl adjacent to an activating group) is 1. The average molecular weight is 493 g/mol. The van der Waals surface area contributed by atoms with Crippen LogP contribution < -0.4 is 10.2 Å². The molecule has 1 aromatic heterocycles. The van der Waals surface area contributed by atoms with Crippen LogP contribution in [0.15, 0.2) is 48.7 Å². The summed E-state index contributed by atoms with van der Waals surface area (Å²) in [5.41, 5.74) is 1.08. The molecule has 3 aliphatic rings. The fourth-order valence-corrected chi connectivity index (χ4v) is 5.84. The number of hydrogen-bond donors (Lipinski definition) is 2. The highest BCUT2D eigenvalue weighted by molar-refractivity contribution is 5.83. The van der Waals surface area contributed by atoms with Gasteiger partial charge in [0.15, 0.2) is 0 Å². The number of aromatic hydroxyl groups is 1. The number of nitrogens with zero attached hydrogens (tertiary/aromatic N) is 5. The van der Waals surface area contributed by atoms with E-state index in [0.717, 1.165) is 43.9 Å². The van der Waals surface area contributed by atoms with Crippen LogP contribution in [0.5, 0.6) is 5.75 Å². The second kappa shape index (κ2) is 10.8. The van der Waals surface area contributed by atoms with Crippen molar-refractivity contribution >= 4 is 17.6 Å². The highest BCUT2D eigenvalue weighted by Crippen LogP contribution is 2.29. The summed E-state index contributed by atoms with van der Waals surface area (Å²) in [6, 6.07) is 13.2. The largest absolute Gasteiger partial charge is 0.508 e. The molecule has 0 bridgehead atoms.